The van der Waals surface area contributed by atoms with Crippen molar-refractivity contribution in [2.75, 3.05) is 0 Å². The van der Waals surface area contributed by atoms with Crippen molar-refractivity contribution in [1.82, 2.24) is 5.43 Å². The lowest BCUT2D eigenvalue weighted by Crippen LogP contribution is -2.39. The van der Waals surface area contributed by atoms with Crippen molar-refractivity contribution in [3.63, 3.8) is 0 Å². The molecular weight excluding hydrogens is 331 g/mol. The number of nitrogens with two attached hydrogens (primary N) is 1. The van der Waals surface area contributed by atoms with Gasteiger partial charge in [-0.25, -0.2) is 4.39 Å². The van der Waals surface area contributed by atoms with Gasteiger partial charge >= 0.3 is 0 Å². The summed E-state index contributed by atoms with van der Waals surface area (Å²) >= 11 is 3.32. The van der Waals surface area contributed by atoms with E-state index in [4.69, 9.17) is 5.84 Å². The molecule has 1 aliphatic carbocycles. The Morgan fingerprint density at radius 3 is 2.67 bits per heavy atom. The third kappa shape index (κ3) is 3.18. The molecule has 0 amide bonds. The molecule has 0 saturated heterocycles. The summed E-state index contributed by atoms with van der Waals surface area (Å²) < 4.78 is 14.1. The second-order valence-corrected chi connectivity index (χ2v) is 6.40. The van der Waals surface area contributed by atoms with Crippen LogP contribution < -0.4 is 11.3 Å². The quantitative estimate of drug-likeness (QED) is 0.637. The van der Waals surface area contributed by atoms with Gasteiger partial charge in [0.25, 0.3) is 0 Å². The summed E-state index contributed by atoms with van der Waals surface area (Å²) in [5.74, 6) is 6.57. The van der Waals surface area contributed by atoms with E-state index in [1.54, 1.807) is 6.07 Å². The summed E-state index contributed by atoms with van der Waals surface area (Å²) in [6.07, 6.45) is 1.86. The lowest BCUT2D eigenvalue weighted by Gasteiger charge is -2.17. The van der Waals surface area contributed by atoms with Gasteiger partial charge in [0.2, 0.25) is 0 Å². The zero-order valence-corrected chi connectivity index (χ0v) is 13.2. The van der Waals surface area contributed by atoms with Crippen LogP contribution in [0.3, 0.4) is 0 Å². The molecule has 0 spiro atoms. The van der Waals surface area contributed by atoms with E-state index < -0.39 is 0 Å². The molecular formula is C17H18BrFN2. The zero-order chi connectivity index (χ0) is 14.8. The molecule has 3 unspecified atom stereocenters. The predicted octanol–water partition coefficient (Wildman–Crippen LogP) is 3.77. The number of halogens is 2. The van der Waals surface area contributed by atoms with Crippen LogP contribution in [0.2, 0.25) is 0 Å². The fraction of sp³-hybridized carbons (Fsp3) is 0.294. The molecule has 3 atom stereocenters. The highest BCUT2D eigenvalue weighted by Gasteiger charge is 2.43. The van der Waals surface area contributed by atoms with Crippen LogP contribution >= 0.6 is 15.9 Å². The van der Waals surface area contributed by atoms with E-state index in [0.717, 1.165) is 18.4 Å². The molecule has 3 rings (SSSR count). The van der Waals surface area contributed by atoms with E-state index in [2.05, 4.69) is 45.6 Å². The predicted molar refractivity (Wildman–Crippen MR) is 86.2 cm³/mol. The lowest BCUT2D eigenvalue weighted by molar-refractivity contribution is 0.462. The number of hydrogen-bond acceptors (Lipinski definition) is 2. The molecule has 0 heterocycles. The molecule has 0 aliphatic heterocycles. The first kappa shape index (κ1) is 14.7. The minimum absolute atomic E-state index is 0.160. The molecule has 0 bridgehead atoms. The average molecular weight is 349 g/mol. The Morgan fingerprint density at radius 1 is 1.19 bits per heavy atom. The van der Waals surface area contributed by atoms with Crippen molar-refractivity contribution in [2.45, 2.75) is 24.8 Å². The van der Waals surface area contributed by atoms with E-state index in [-0.39, 0.29) is 11.9 Å². The Labute approximate surface area is 132 Å². The van der Waals surface area contributed by atoms with Crippen LogP contribution in [0.15, 0.2) is 53.0 Å². The topological polar surface area (TPSA) is 38.0 Å². The number of nitrogens with one attached hydrogen (secondary N) is 1. The maximum atomic E-state index is 13.6. The van der Waals surface area contributed by atoms with Crippen LogP contribution in [0.5, 0.6) is 0 Å². The van der Waals surface area contributed by atoms with Crippen LogP contribution in [0.25, 0.3) is 0 Å². The van der Waals surface area contributed by atoms with Crippen LogP contribution in [-0.2, 0) is 6.42 Å². The maximum absolute atomic E-state index is 13.6. The summed E-state index contributed by atoms with van der Waals surface area (Å²) in [6, 6.07) is 15.8. The number of hydrazine groups is 1. The first-order chi connectivity index (χ1) is 10.2. The number of rotatable bonds is 5. The normalized spacial score (nSPS) is 22.0. The van der Waals surface area contributed by atoms with Gasteiger partial charge in [0.1, 0.15) is 5.82 Å². The van der Waals surface area contributed by atoms with E-state index in [0.29, 0.717) is 16.3 Å². The second kappa shape index (κ2) is 6.26. The molecule has 2 aromatic rings. The smallest absolute Gasteiger partial charge is 0.137 e. The van der Waals surface area contributed by atoms with Gasteiger partial charge < -0.3 is 0 Å². The summed E-state index contributed by atoms with van der Waals surface area (Å²) in [5, 5.41) is 0. The highest BCUT2D eigenvalue weighted by Crippen LogP contribution is 2.50. The van der Waals surface area contributed by atoms with E-state index in [1.807, 2.05) is 12.1 Å². The largest absolute Gasteiger partial charge is 0.271 e. The SMILES string of the molecule is NNC(Cc1cccc(F)c1Br)C1CC1c1ccccc1. The van der Waals surface area contributed by atoms with Gasteiger partial charge in [0.15, 0.2) is 0 Å². The second-order valence-electron chi connectivity index (χ2n) is 5.61. The molecule has 3 N–H and O–H groups in total. The highest BCUT2D eigenvalue weighted by molar-refractivity contribution is 9.10. The van der Waals surface area contributed by atoms with Crippen molar-refractivity contribution in [3.05, 3.63) is 69.9 Å². The van der Waals surface area contributed by atoms with Gasteiger partial charge in [-0.3, -0.25) is 11.3 Å². The Bertz CT molecular complexity index is 617. The molecule has 1 fully saturated rings. The Kier molecular flexibility index (Phi) is 4.38. The third-order valence-corrected chi connectivity index (χ3v) is 5.16. The molecule has 0 radical (unpaired) electrons. The van der Waals surface area contributed by atoms with Crippen LogP contribution in [-0.4, -0.2) is 6.04 Å². The molecule has 2 nitrogen and oxygen atoms in total. The van der Waals surface area contributed by atoms with Crippen molar-refractivity contribution in [1.29, 1.82) is 0 Å². The highest BCUT2D eigenvalue weighted by atomic mass is 79.9. The fourth-order valence-electron chi connectivity index (χ4n) is 3.02. The van der Waals surface area contributed by atoms with Crippen molar-refractivity contribution < 1.29 is 4.39 Å². The summed E-state index contributed by atoms with van der Waals surface area (Å²) in [5.41, 5.74) is 5.23. The van der Waals surface area contributed by atoms with E-state index >= 15 is 0 Å². The maximum Gasteiger partial charge on any atom is 0.137 e. The lowest BCUT2D eigenvalue weighted by atomic mass is 9.99. The van der Waals surface area contributed by atoms with Crippen LogP contribution in [0, 0.1) is 11.7 Å². The molecule has 21 heavy (non-hydrogen) atoms. The molecule has 4 heteroatoms. The van der Waals surface area contributed by atoms with Gasteiger partial charge in [0.05, 0.1) is 4.47 Å². The summed E-state index contributed by atoms with van der Waals surface area (Å²) in [4.78, 5) is 0. The summed E-state index contributed by atoms with van der Waals surface area (Å²) in [6.45, 7) is 0. The zero-order valence-electron chi connectivity index (χ0n) is 11.6. The van der Waals surface area contributed by atoms with Gasteiger partial charge in [-0.05, 0) is 57.8 Å². The molecule has 1 aliphatic rings. The Morgan fingerprint density at radius 2 is 1.95 bits per heavy atom. The van der Waals surface area contributed by atoms with Crippen LogP contribution in [0.4, 0.5) is 4.39 Å². The minimum atomic E-state index is -0.223. The molecule has 110 valence electrons. The Hall–Kier alpha value is -1.23. The standard InChI is InChI=1S/C17H18BrFN2/c18-17-12(7-4-8-15(17)19)9-16(21-20)14-10-13(14)11-5-2-1-3-6-11/h1-8,13-14,16,21H,9-10,20H2. The molecule has 0 aromatic heterocycles. The van der Waals surface area contributed by atoms with Crippen molar-refractivity contribution in [3.8, 4) is 0 Å². The first-order valence-electron chi connectivity index (χ1n) is 7.14. The van der Waals surface area contributed by atoms with Gasteiger partial charge in [-0.15, -0.1) is 0 Å². The minimum Gasteiger partial charge on any atom is -0.271 e. The Balaban J connectivity index is 1.71. The third-order valence-electron chi connectivity index (χ3n) is 4.27. The number of hydrogen-bond donors (Lipinski definition) is 2. The fourth-order valence-corrected chi connectivity index (χ4v) is 3.45. The first-order valence-corrected chi connectivity index (χ1v) is 7.94. The van der Waals surface area contributed by atoms with Gasteiger partial charge in [0, 0.05) is 6.04 Å². The van der Waals surface area contributed by atoms with E-state index in [1.165, 1.54) is 11.6 Å². The monoisotopic (exact) mass is 348 g/mol. The van der Waals surface area contributed by atoms with Gasteiger partial charge in [-0.1, -0.05) is 42.5 Å². The number of benzene rings is 2. The van der Waals surface area contributed by atoms with Gasteiger partial charge in [-0.2, -0.15) is 0 Å². The van der Waals surface area contributed by atoms with Crippen molar-refractivity contribution >= 4 is 15.9 Å². The van der Waals surface area contributed by atoms with Crippen molar-refractivity contribution in [2.24, 2.45) is 11.8 Å². The van der Waals surface area contributed by atoms with Crippen LogP contribution in [0.1, 0.15) is 23.5 Å². The summed E-state index contributed by atoms with van der Waals surface area (Å²) in [7, 11) is 0. The molecule has 2 aromatic carbocycles. The average Bonchev–Trinajstić information content (AvgIpc) is 3.30. The molecule has 1 saturated carbocycles. The van der Waals surface area contributed by atoms with E-state index in [9.17, 15) is 4.39 Å².